The predicted octanol–water partition coefficient (Wildman–Crippen LogP) is 6.42. The molecule has 186 valence electrons. The van der Waals surface area contributed by atoms with Crippen LogP contribution in [-0.2, 0) is 17.1 Å². The first-order valence-electron chi connectivity index (χ1n) is 12.4. The Labute approximate surface area is 214 Å². The van der Waals surface area contributed by atoms with Gasteiger partial charge in [0.1, 0.15) is 0 Å². The van der Waals surface area contributed by atoms with Gasteiger partial charge in [-0.3, -0.25) is 0 Å². The highest BCUT2D eigenvalue weighted by Gasteiger charge is 2.41. The van der Waals surface area contributed by atoms with Crippen molar-refractivity contribution in [2.24, 2.45) is 13.0 Å². The van der Waals surface area contributed by atoms with Crippen molar-refractivity contribution in [2.45, 2.75) is 38.5 Å². The summed E-state index contributed by atoms with van der Waals surface area (Å²) in [7, 11) is -1.54. The normalized spacial score (nSPS) is 17.7. The highest BCUT2D eigenvalue weighted by Crippen LogP contribution is 2.45. The molecule has 1 fully saturated rings. The SMILES string of the molecule is C=C1CN(S(=O)(=O)c2ccc(C)cc2)C[C@@H]1[C@H](c1c(C)cc(C)cc1C)c1cn(C)c2ccccc12. The highest BCUT2D eigenvalue weighted by molar-refractivity contribution is 7.89. The Balaban J connectivity index is 1.65. The number of rotatable bonds is 5. The number of fused-ring (bicyclic) bond motifs is 1. The van der Waals surface area contributed by atoms with Crippen molar-refractivity contribution in [3.8, 4) is 0 Å². The molecule has 1 aromatic heterocycles. The number of para-hydroxylation sites is 1. The van der Waals surface area contributed by atoms with Gasteiger partial charge in [-0.1, -0.05) is 65.7 Å². The quantitative estimate of drug-likeness (QED) is 0.298. The lowest BCUT2D eigenvalue weighted by atomic mass is 9.75. The number of benzene rings is 3. The molecule has 0 saturated carbocycles. The van der Waals surface area contributed by atoms with Crippen LogP contribution in [0.5, 0.6) is 0 Å². The second kappa shape index (κ2) is 9.06. The average molecular weight is 499 g/mol. The summed E-state index contributed by atoms with van der Waals surface area (Å²) in [5.74, 6) is -0.0291. The van der Waals surface area contributed by atoms with Gasteiger partial charge in [0.25, 0.3) is 0 Å². The second-order valence-electron chi connectivity index (χ2n) is 10.4. The van der Waals surface area contributed by atoms with Crippen LogP contribution in [0.1, 0.15) is 39.3 Å². The molecule has 0 N–H and O–H groups in total. The van der Waals surface area contributed by atoms with Gasteiger partial charge in [-0.2, -0.15) is 4.31 Å². The summed E-state index contributed by atoms with van der Waals surface area (Å²) in [6.45, 7) is 13.6. The number of hydrogen-bond acceptors (Lipinski definition) is 2. The topological polar surface area (TPSA) is 42.3 Å². The Bertz CT molecular complexity index is 1560. The molecule has 3 aromatic carbocycles. The van der Waals surface area contributed by atoms with E-state index in [9.17, 15) is 8.42 Å². The lowest BCUT2D eigenvalue weighted by Crippen LogP contribution is -2.30. The van der Waals surface area contributed by atoms with Crippen molar-refractivity contribution in [1.29, 1.82) is 0 Å². The molecule has 0 aliphatic carbocycles. The minimum atomic E-state index is -3.62. The minimum absolute atomic E-state index is 0.00224. The molecule has 36 heavy (non-hydrogen) atoms. The summed E-state index contributed by atoms with van der Waals surface area (Å²) >= 11 is 0. The first-order valence-corrected chi connectivity index (χ1v) is 13.9. The van der Waals surface area contributed by atoms with Crippen LogP contribution in [0.25, 0.3) is 10.9 Å². The lowest BCUT2D eigenvalue weighted by Gasteiger charge is -2.28. The van der Waals surface area contributed by atoms with Gasteiger partial charge in [0.2, 0.25) is 10.0 Å². The average Bonchev–Trinajstić information content (AvgIpc) is 3.37. The van der Waals surface area contributed by atoms with Crippen molar-refractivity contribution in [2.75, 3.05) is 13.1 Å². The Kier molecular flexibility index (Phi) is 6.17. The van der Waals surface area contributed by atoms with Crippen molar-refractivity contribution >= 4 is 20.9 Å². The zero-order chi connectivity index (χ0) is 25.8. The van der Waals surface area contributed by atoms with Crippen LogP contribution in [0.2, 0.25) is 0 Å². The number of aryl methyl sites for hydroxylation is 5. The standard InChI is InChI=1S/C31H34N2O2S/c1-20-11-13-25(14-12-20)36(34,35)33-17-24(5)27(19-33)31(30-22(3)15-21(2)16-23(30)4)28-18-32(6)29-10-8-7-9-26(28)29/h7-16,18,27,31H,5,17,19H2,1-4,6H3/t27-,31-/m0/s1. The molecule has 5 rings (SSSR count). The van der Waals surface area contributed by atoms with E-state index in [1.807, 2.05) is 19.1 Å². The van der Waals surface area contributed by atoms with Crippen LogP contribution < -0.4 is 0 Å². The molecule has 0 unspecified atom stereocenters. The molecule has 1 aliphatic heterocycles. The molecule has 1 aliphatic rings. The van der Waals surface area contributed by atoms with Gasteiger partial charge in [0, 0.05) is 49.1 Å². The van der Waals surface area contributed by atoms with Crippen molar-refractivity contribution < 1.29 is 8.42 Å². The summed E-state index contributed by atoms with van der Waals surface area (Å²) in [5, 5.41) is 1.21. The number of sulfonamides is 1. The van der Waals surface area contributed by atoms with E-state index in [4.69, 9.17) is 0 Å². The molecule has 5 heteroatoms. The third-order valence-corrected chi connectivity index (χ3v) is 9.50. The summed E-state index contributed by atoms with van der Waals surface area (Å²) < 4.78 is 31.0. The van der Waals surface area contributed by atoms with E-state index >= 15 is 0 Å². The van der Waals surface area contributed by atoms with Crippen molar-refractivity contribution in [1.82, 2.24) is 8.87 Å². The number of nitrogens with zero attached hydrogens (tertiary/aromatic N) is 2. The van der Waals surface area contributed by atoms with Crippen LogP contribution in [-0.4, -0.2) is 30.4 Å². The molecule has 0 amide bonds. The van der Waals surface area contributed by atoms with Crippen LogP contribution in [0.3, 0.4) is 0 Å². The van der Waals surface area contributed by atoms with Crippen LogP contribution in [0, 0.1) is 33.6 Å². The second-order valence-corrected chi connectivity index (χ2v) is 12.3. The molecule has 1 saturated heterocycles. The summed E-state index contributed by atoms with van der Waals surface area (Å²) in [4.78, 5) is 0.339. The van der Waals surface area contributed by atoms with Crippen LogP contribution in [0.4, 0.5) is 0 Å². The molecule has 2 atom stereocenters. The monoisotopic (exact) mass is 498 g/mol. The van der Waals surface area contributed by atoms with E-state index in [0.29, 0.717) is 18.0 Å². The first kappa shape index (κ1) is 24.5. The predicted molar refractivity (Wildman–Crippen MR) is 148 cm³/mol. The van der Waals surface area contributed by atoms with E-state index in [2.05, 4.69) is 81.6 Å². The minimum Gasteiger partial charge on any atom is -0.350 e. The highest BCUT2D eigenvalue weighted by atomic mass is 32.2. The summed E-state index contributed by atoms with van der Waals surface area (Å²) in [5.41, 5.74) is 9.38. The van der Waals surface area contributed by atoms with E-state index < -0.39 is 10.0 Å². The molecule has 0 radical (unpaired) electrons. The summed E-state index contributed by atoms with van der Waals surface area (Å²) in [6, 6.07) is 20.0. The lowest BCUT2D eigenvalue weighted by molar-refractivity contribution is 0.443. The van der Waals surface area contributed by atoms with Crippen LogP contribution >= 0.6 is 0 Å². The van der Waals surface area contributed by atoms with Gasteiger partial charge in [-0.25, -0.2) is 8.42 Å². The van der Waals surface area contributed by atoms with Gasteiger partial charge in [0.15, 0.2) is 0 Å². The van der Waals surface area contributed by atoms with E-state index in [-0.39, 0.29) is 11.8 Å². The van der Waals surface area contributed by atoms with Gasteiger partial charge < -0.3 is 4.57 Å². The zero-order valence-corrected chi connectivity index (χ0v) is 22.6. The van der Waals surface area contributed by atoms with Gasteiger partial charge in [0.05, 0.1) is 4.90 Å². The maximum absolute atomic E-state index is 13.6. The fraction of sp³-hybridized carbons (Fsp3) is 0.290. The third-order valence-electron chi connectivity index (χ3n) is 7.68. The number of aromatic nitrogens is 1. The Hall–Kier alpha value is -3.15. The largest absolute Gasteiger partial charge is 0.350 e. The fourth-order valence-electron chi connectivity index (χ4n) is 6.02. The van der Waals surface area contributed by atoms with Gasteiger partial charge in [-0.15, -0.1) is 0 Å². The maximum Gasteiger partial charge on any atom is 0.243 e. The van der Waals surface area contributed by atoms with E-state index in [0.717, 1.165) is 11.1 Å². The van der Waals surface area contributed by atoms with Crippen LogP contribution in [0.15, 0.2) is 83.9 Å². The number of hydrogen-bond donors (Lipinski definition) is 0. The third kappa shape index (κ3) is 4.10. The molecular formula is C31H34N2O2S. The summed E-state index contributed by atoms with van der Waals surface area (Å²) in [6.07, 6.45) is 2.22. The maximum atomic E-state index is 13.6. The molecule has 4 aromatic rings. The Morgan fingerprint density at radius 3 is 2.22 bits per heavy atom. The Morgan fingerprint density at radius 1 is 0.917 bits per heavy atom. The first-order chi connectivity index (χ1) is 17.1. The molecule has 2 heterocycles. The van der Waals surface area contributed by atoms with Crippen molar-refractivity contribution in [3.63, 3.8) is 0 Å². The van der Waals surface area contributed by atoms with Crippen molar-refractivity contribution in [3.05, 3.63) is 112 Å². The zero-order valence-electron chi connectivity index (χ0n) is 21.7. The molecule has 0 spiro atoms. The Morgan fingerprint density at radius 2 is 1.56 bits per heavy atom. The fourth-order valence-corrected chi connectivity index (χ4v) is 7.49. The molecule has 0 bridgehead atoms. The van der Waals surface area contributed by atoms with E-state index in [1.54, 1.807) is 16.4 Å². The van der Waals surface area contributed by atoms with Gasteiger partial charge in [-0.05, 0) is 68.1 Å². The smallest absolute Gasteiger partial charge is 0.243 e. The van der Waals surface area contributed by atoms with E-state index in [1.165, 1.54) is 38.7 Å². The molecule has 4 nitrogen and oxygen atoms in total. The molecular weight excluding hydrogens is 464 g/mol. The van der Waals surface area contributed by atoms with Gasteiger partial charge >= 0.3 is 0 Å².